The molecule has 2 fully saturated rings. The zero-order valence-electron chi connectivity index (χ0n) is 22.7. The van der Waals surface area contributed by atoms with E-state index < -0.39 is 119 Å². The average molecular weight is 627 g/mol. The number of aromatic hydroxyl groups is 5. The van der Waals surface area contributed by atoms with Gasteiger partial charge in [0, 0.05) is 5.56 Å². The summed E-state index contributed by atoms with van der Waals surface area (Å²) in [5, 5.41) is 111. The summed E-state index contributed by atoms with van der Waals surface area (Å²) in [6.45, 7) is 0.770. The highest BCUT2D eigenvalue weighted by molar-refractivity contribution is 5.95. The summed E-state index contributed by atoms with van der Waals surface area (Å²) >= 11 is 0. The zero-order valence-corrected chi connectivity index (χ0v) is 22.7. The van der Waals surface area contributed by atoms with Crippen molar-refractivity contribution in [3.8, 4) is 45.8 Å². The lowest BCUT2D eigenvalue weighted by Crippen LogP contribution is -2.61. The quantitative estimate of drug-likeness (QED) is 0.104. The predicted octanol–water partition coefficient (Wildman–Crippen LogP) is -1.98. The molecule has 0 saturated carbocycles. The molecule has 17 heteroatoms. The molecule has 1 aromatic heterocycles. The number of fused-ring (bicyclic) bond motifs is 1. The largest absolute Gasteiger partial charge is 0.508 e. The fourth-order valence-electron chi connectivity index (χ4n) is 4.87. The molecule has 3 heterocycles. The lowest BCUT2D eigenvalue weighted by molar-refractivity contribution is -0.318. The molecule has 44 heavy (non-hydrogen) atoms. The number of hydrogen-bond donors (Lipinski definition) is 11. The Labute approximate surface area is 246 Å². The van der Waals surface area contributed by atoms with Crippen LogP contribution in [0, 0.1) is 0 Å². The van der Waals surface area contributed by atoms with Crippen LogP contribution in [-0.2, 0) is 14.2 Å². The minimum Gasteiger partial charge on any atom is -0.508 e. The normalized spacial score (nSPS) is 32.5. The third kappa shape index (κ3) is 5.34. The van der Waals surface area contributed by atoms with E-state index in [1.165, 1.54) is 31.2 Å². The third-order valence-corrected chi connectivity index (χ3v) is 7.46. The van der Waals surface area contributed by atoms with Crippen molar-refractivity contribution in [2.75, 3.05) is 6.61 Å². The second-order valence-corrected chi connectivity index (χ2v) is 10.4. The minimum absolute atomic E-state index is 0.0346. The van der Waals surface area contributed by atoms with Crippen LogP contribution in [0.15, 0.2) is 33.5 Å². The highest BCUT2D eigenvalue weighted by atomic mass is 16.7. The van der Waals surface area contributed by atoms with Gasteiger partial charge in [0.15, 0.2) is 23.4 Å². The Morgan fingerprint density at radius 3 is 1.95 bits per heavy atom. The molecule has 5 rings (SSSR count). The van der Waals surface area contributed by atoms with Crippen molar-refractivity contribution in [3.05, 3.63) is 34.5 Å². The van der Waals surface area contributed by atoms with Gasteiger partial charge in [-0.3, -0.25) is 4.79 Å². The molecule has 0 unspecified atom stereocenters. The third-order valence-electron chi connectivity index (χ3n) is 7.46. The Bertz CT molecular complexity index is 1570. The van der Waals surface area contributed by atoms with Crippen molar-refractivity contribution in [2.45, 2.75) is 68.3 Å². The van der Waals surface area contributed by atoms with Gasteiger partial charge in [0.1, 0.15) is 53.9 Å². The standard InChI is InChI=1S/C27H30O17/c1-7-12(29)16(33)21(38)26(41-7)40-6-10-13(30)17(34)22(39)27(42-10)44-25-15(32)11-14(31)18(35)19(36)20(37)24(11)43-23(25)8-2-4-9(28)5-3-8/h2-5,7,10,12-13,16-17,21-22,26-31,33-39H,6H2,1H3/t7-,10+,12-,13+,16+,17-,21+,22+,26+,27-/m0/s1. The van der Waals surface area contributed by atoms with Gasteiger partial charge in [0.25, 0.3) is 0 Å². The fourth-order valence-corrected chi connectivity index (χ4v) is 4.87. The van der Waals surface area contributed by atoms with Gasteiger partial charge in [-0.25, -0.2) is 0 Å². The van der Waals surface area contributed by atoms with E-state index in [2.05, 4.69) is 0 Å². The minimum atomic E-state index is -2.02. The van der Waals surface area contributed by atoms with Crippen molar-refractivity contribution in [3.63, 3.8) is 0 Å². The van der Waals surface area contributed by atoms with Crippen LogP contribution in [0.5, 0.6) is 34.5 Å². The molecule has 0 radical (unpaired) electrons. The number of benzene rings is 2. The van der Waals surface area contributed by atoms with Crippen LogP contribution in [0.3, 0.4) is 0 Å². The maximum atomic E-state index is 13.6. The molecule has 17 nitrogen and oxygen atoms in total. The number of rotatable bonds is 6. The van der Waals surface area contributed by atoms with E-state index in [1.807, 2.05) is 0 Å². The monoisotopic (exact) mass is 626 g/mol. The highest BCUT2D eigenvalue weighted by Crippen LogP contribution is 2.49. The molecule has 0 bridgehead atoms. The van der Waals surface area contributed by atoms with E-state index >= 15 is 0 Å². The summed E-state index contributed by atoms with van der Waals surface area (Å²) in [5.74, 6) is -6.21. The Balaban J connectivity index is 1.51. The fraction of sp³-hybridized carbons (Fsp3) is 0.444. The van der Waals surface area contributed by atoms with Gasteiger partial charge in [-0.1, -0.05) is 0 Å². The lowest BCUT2D eigenvalue weighted by atomic mass is 9.98. The highest BCUT2D eigenvalue weighted by Gasteiger charge is 2.48. The Morgan fingerprint density at radius 2 is 1.30 bits per heavy atom. The summed E-state index contributed by atoms with van der Waals surface area (Å²) in [6, 6.07) is 4.93. The summed E-state index contributed by atoms with van der Waals surface area (Å²) in [7, 11) is 0. The molecule has 11 N–H and O–H groups in total. The molecule has 2 aliphatic rings. The number of aliphatic hydroxyl groups is 6. The van der Waals surface area contributed by atoms with Crippen molar-refractivity contribution in [2.24, 2.45) is 0 Å². The van der Waals surface area contributed by atoms with Crippen LogP contribution in [0.25, 0.3) is 22.3 Å². The van der Waals surface area contributed by atoms with Gasteiger partial charge < -0.3 is 79.5 Å². The van der Waals surface area contributed by atoms with Gasteiger partial charge in [0.2, 0.25) is 34.7 Å². The van der Waals surface area contributed by atoms with Gasteiger partial charge in [-0.15, -0.1) is 0 Å². The molecule has 3 aromatic rings. The molecule has 0 amide bonds. The van der Waals surface area contributed by atoms with Crippen LogP contribution >= 0.6 is 0 Å². The number of phenolic OH excluding ortho intramolecular Hbond substituents is 5. The van der Waals surface area contributed by atoms with Gasteiger partial charge in [-0.05, 0) is 31.2 Å². The Kier molecular flexibility index (Phi) is 8.51. The summed E-state index contributed by atoms with van der Waals surface area (Å²) in [6.07, 6.45) is -16.5. The molecule has 2 aromatic carbocycles. The maximum Gasteiger partial charge on any atom is 0.239 e. The van der Waals surface area contributed by atoms with Crippen LogP contribution in [0.4, 0.5) is 0 Å². The molecule has 2 saturated heterocycles. The Morgan fingerprint density at radius 1 is 0.705 bits per heavy atom. The number of phenols is 5. The first-order chi connectivity index (χ1) is 20.7. The first-order valence-electron chi connectivity index (χ1n) is 13.2. The van der Waals surface area contributed by atoms with Gasteiger partial charge in [-0.2, -0.15) is 0 Å². The Hall–Kier alpha value is -3.91. The lowest BCUT2D eigenvalue weighted by Gasteiger charge is -2.42. The second kappa shape index (κ2) is 11.9. The molecule has 0 aliphatic carbocycles. The summed E-state index contributed by atoms with van der Waals surface area (Å²) < 4.78 is 27.6. The topological polar surface area (TPSA) is 290 Å². The van der Waals surface area contributed by atoms with Crippen LogP contribution in [-0.4, -0.2) is 124 Å². The zero-order chi connectivity index (χ0) is 32.2. The van der Waals surface area contributed by atoms with Crippen LogP contribution < -0.4 is 10.2 Å². The van der Waals surface area contributed by atoms with Crippen molar-refractivity contribution in [1.82, 2.24) is 0 Å². The summed E-state index contributed by atoms with van der Waals surface area (Å²) in [4.78, 5) is 13.6. The predicted molar refractivity (Wildman–Crippen MR) is 142 cm³/mol. The molecule has 0 spiro atoms. The molecular formula is C27H30O17. The van der Waals surface area contributed by atoms with Crippen molar-refractivity contribution < 1.29 is 79.5 Å². The molecular weight excluding hydrogens is 596 g/mol. The number of aliphatic hydroxyl groups excluding tert-OH is 6. The second-order valence-electron chi connectivity index (χ2n) is 10.4. The van der Waals surface area contributed by atoms with E-state index in [1.54, 1.807) is 0 Å². The van der Waals surface area contributed by atoms with Crippen molar-refractivity contribution in [1.29, 1.82) is 0 Å². The van der Waals surface area contributed by atoms with Gasteiger partial charge >= 0.3 is 0 Å². The van der Waals surface area contributed by atoms with E-state index in [9.17, 15) is 61.0 Å². The van der Waals surface area contributed by atoms with Gasteiger partial charge in [0.05, 0.1) is 12.7 Å². The van der Waals surface area contributed by atoms with E-state index in [4.69, 9.17) is 23.4 Å². The smallest absolute Gasteiger partial charge is 0.239 e. The first kappa shape index (κ1) is 31.5. The summed E-state index contributed by atoms with van der Waals surface area (Å²) in [5.41, 5.74) is -1.98. The number of hydrogen-bond acceptors (Lipinski definition) is 17. The molecule has 10 atom stereocenters. The number of ether oxygens (including phenoxy) is 4. The first-order valence-corrected chi connectivity index (χ1v) is 13.2. The van der Waals surface area contributed by atoms with E-state index in [0.29, 0.717) is 0 Å². The molecule has 240 valence electrons. The van der Waals surface area contributed by atoms with E-state index in [0.717, 1.165) is 0 Å². The maximum absolute atomic E-state index is 13.6. The van der Waals surface area contributed by atoms with Crippen LogP contribution in [0.2, 0.25) is 0 Å². The van der Waals surface area contributed by atoms with E-state index in [-0.39, 0.29) is 11.3 Å². The SMILES string of the molecule is C[C@@H]1O[C@@H](OC[C@H]2O[C@@H](Oc3c(-c4ccc(O)cc4)oc4c(O)c(O)c(O)c(O)c4c3=O)[C@H](O)[C@@H](O)[C@@H]2O)[C@H](O)[C@H](O)[C@H]1O. The molecule has 2 aliphatic heterocycles. The van der Waals surface area contributed by atoms with Crippen LogP contribution in [0.1, 0.15) is 6.92 Å². The average Bonchev–Trinajstić information content (AvgIpc) is 3.00. The van der Waals surface area contributed by atoms with Crippen molar-refractivity contribution >= 4 is 11.0 Å².